The average molecular weight is 535 g/mol. The summed E-state index contributed by atoms with van der Waals surface area (Å²) in [5.74, 6) is 0.611. The van der Waals surface area contributed by atoms with Crippen LogP contribution in [0.25, 0.3) is 0 Å². The van der Waals surface area contributed by atoms with Crippen molar-refractivity contribution >= 4 is 29.9 Å². The van der Waals surface area contributed by atoms with Gasteiger partial charge in [-0.15, -0.1) is 24.0 Å². The highest BCUT2D eigenvalue weighted by molar-refractivity contribution is 14.0. The third-order valence-corrected chi connectivity index (χ3v) is 4.96. The van der Waals surface area contributed by atoms with Gasteiger partial charge in [0, 0.05) is 39.3 Å². The number of morpholine rings is 1. The van der Waals surface area contributed by atoms with E-state index in [4.69, 9.17) is 9.73 Å². The first-order valence-corrected chi connectivity index (χ1v) is 10.5. The lowest BCUT2D eigenvalue weighted by atomic mass is 9.93. The Morgan fingerprint density at radius 3 is 2.40 bits per heavy atom. The molecule has 1 fully saturated rings. The highest BCUT2D eigenvalue weighted by atomic mass is 127. The molecule has 0 radical (unpaired) electrons. The molecular weight excluding hydrogens is 496 g/mol. The monoisotopic (exact) mass is 535 g/mol. The minimum absolute atomic E-state index is 0. The second-order valence-corrected chi connectivity index (χ2v) is 8.69. The van der Waals surface area contributed by atoms with Gasteiger partial charge in [0.15, 0.2) is 5.96 Å². The Hall–Kier alpha value is -0.970. The van der Waals surface area contributed by atoms with Crippen molar-refractivity contribution in [1.29, 1.82) is 0 Å². The van der Waals surface area contributed by atoms with Gasteiger partial charge in [-0.3, -0.25) is 9.89 Å². The van der Waals surface area contributed by atoms with E-state index in [2.05, 4.69) is 55.3 Å². The van der Waals surface area contributed by atoms with Crippen molar-refractivity contribution in [3.8, 4) is 0 Å². The lowest BCUT2D eigenvalue weighted by Crippen LogP contribution is -2.46. The molecule has 1 heterocycles. The van der Waals surface area contributed by atoms with Crippen molar-refractivity contribution in [2.24, 2.45) is 10.4 Å². The molecule has 1 atom stereocenters. The van der Waals surface area contributed by atoms with Gasteiger partial charge in [0.05, 0.1) is 19.3 Å². The predicted octanol–water partition coefficient (Wildman–Crippen LogP) is 2.96. The van der Waals surface area contributed by atoms with Crippen molar-refractivity contribution in [1.82, 2.24) is 20.4 Å². The number of halogens is 2. The average Bonchev–Trinajstić information content (AvgIpc) is 2.67. The number of nitrogens with zero attached hydrogens (tertiary/aromatic N) is 3. The van der Waals surface area contributed by atoms with E-state index in [1.54, 1.807) is 0 Å². The minimum Gasteiger partial charge on any atom is -0.379 e. The summed E-state index contributed by atoms with van der Waals surface area (Å²) in [5.41, 5.74) is 1.19. The number of hydrogen-bond donors (Lipinski definition) is 2. The van der Waals surface area contributed by atoms with Crippen LogP contribution in [0.2, 0.25) is 0 Å². The summed E-state index contributed by atoms with van der Waals surface area (Å²) in [7, 11) is 4.18. The predicted molar refractivity (Wildman–Crippen MR) is 133 cm³/mol. The molecule has 0 spiro atoms. The second-order valence-electron chi connectivity index (χ2n) is 8.69. The topological polar surface area (TPSA) is 52.1 Å². The maximum atomic E-state index is 13.4. The molecule has 172 valence electrons. The molecule has 8 heteroatoms. The van der Waals surface area contributed by atoms with E-state index < -0.39 is 0 Å². The van der Waals surface area contributed by atoms with E-state index in [-0.39, 0.29) is 41.3 Å². The quantitative estimate of drug-likeness (QED) is 0.290. The fourth-order valence-corrected chi connectivity index (χ4v) is 3.77. The van der Waals surface area contributed by atoms with Crippen LogP contribution in [-0.2, 0) is 4.74 Å². The Labute approximate surface area is 198 Å². The van der Waals surface area contributed by atoms with Crippen LogP contribution < -0.4 is 10.6 Å². The van der Waals surface area contributed by atoms with Crippen molar-refractivity contribution in [3.63, 3.8) is 0 Å². The maximum Gasteiger partial charge on any atom is 0.191 e. The van der Waals surface area contributed by atoms with Crippen LogP contribution in [0.1, 0.15) is 32.4 Å². The normalized spacial score (nSPS) is 16.8. The Balaban J connectivity index is 0.00000450. The molecule has 6 nitrogen and oxygen atoms in total. The van der Waals surface area contributed by atoms with Crippen molar-refractivity contribution < 1.29 is 9.13 Å². The van der Waals surface area contributed by atoms with E-state index in [0.717, 1.165) is 57.5 Å². The summed E-state index contributed by atoms with van der Waals surface area (Å²) in [6, 6.07) is 6.96. The summed E-state index contributed by atoms with van der Waals surface area (Å²) in [6.07, 6.45) is 0. The van der Waals surface area contributed by atoms with Gasteiger partial charge in [-0.2, -0.15) is 0 Å². The lowest BCUT2D eigenvalue weighted by molar-refractivity contribution is 0.0170. The number of benzene rings is 1. The van der Waals surface area contributed by atoms with Crippen molar-refractivity contribution in [3.05, 3.63) is 35.6 Å². The first-order valence-electron chi connectivity index (χ1n) is 10.5. The molecule has 1 saturated heterocycles. The van der Waals surface area contributed by atoms with Gasteiger partial charge < -0.3 is 20.3 Å². The third kappa shape index (κ3) is 9.45. The van der Waals surface area contributed by atoms with Gasteiger partial charge >= 0.3 is 0 Å². The number of rotatable bonds is 9. The summed E-state index contributed by atoms with van der Waals surface area (Å²) in [4.78, 5) is 9.41. The Kier molecular flexibility index (Phi) is 12.1. The number of ether oxygens (including phenoxy) is 1. The van der Waals surface area contributed by atoms with E-state index in [1.165, 1.54) is 12.1 Å². The van der Waals surface area contributed by atoms with Gasteiger partial charge in [-0.1, -0.05) is 26.0 Å². The van der Waals surface area contributed by atoms with Crippen LogP contribution in [0.15, 0.2) is 29.3 Å². The second kappa shape index (κ2) is 13.4. The molecule has 1 unspecified atom stereocenters. The van der Waals surface area contributed by atoms with Gasteiger partial charge in [0.2, 0.25) is 0 Å². The molecule has 2 rings (SSSR count). The smallest absolute Gasteiger partial charge is 0.191 e. The van der Waals surface area contributed by atoms with Crippen LogP contribution in [-0.4, -0.2) is 82.3 Å². The molecule has 0 aromatic heterocycles. The number of nitrogens with one attached hydrogen (secondary N) is 2. The van der Waals surface area contributed by atoms with Crippen molar-refractivity contribution in [2.75, 3.05) is 66.6 Å². The zero-order valence-corrected chi connectivity index (χ0v) is 21.4. The summed E-state index contributed by atoms with van der Waals surface area (Å²) in [6.45, 7) is 12.9. The third-order valence-electron chi connectivity index (χ3n) is 4.96. The molecular formula is C22H39FIN5O. The number of hydrogen-bond acceptors (Lipinski definition) is 4. The first-order chi connectivity index (χ1) is 13.8. The fourth-order valence-electron chi connectivity index (χ4n) is 3.77. The molecule has 0 saturated carbocycles. The molecule has 1 aromatic carbocycles. The van der Waals surface area contributed by atoms with Gasteiger partial charge in [-0.05, 0) is 44.1 Å². The lowest BCUT2D eigenvalue weighted by Gasteiger charge is -2.35. The standard InChI is InChI=1S/C22H38FN5O.HI/c1-6-24-21(26-16-22(2,3)17-27(4)5)25-15-20(28-11-13-29-14-12-28)18-7-9-19(23)10-8-18;/h7-10,20H,6,11-17H2,1-5H3,(H2,24,25,26);1H. The van der Waals surface area contributed by atoms with E-state index in [9.17, 15) is 4.39 Å². The maximum absolute atomic E-state index is 13.4. The van der Waals surface area contributed by atoms with Crippen LogP contribution in [0, 0.1) is 11.2 Å². The highest BCUT2D eigenvalue weighted by Crippen LogP contribution is 2.22. The van der Waals surface area contributed by atoms with Gasteiger partial charge in [0.25, 0.3) is 0 Å². The van der Waals surface area contributed by atoms with Gasteiger partial charge in [0.1, 0.15) is 5.82 Å². The summed E-state index contributed by atoms with van der Waals surface area (Å²) >= 11 is 0. The Bertz CT molecular complexity index is 633. The molecule has 0 bridgehead atoms. The van der Waals surface area contributed by atoms with E-state index >= 15 is 0 Å². The van der Waals surface area contributed by atoms with Crippen molar-refractivity contribution in [2.45, 2.75) is 26.8 Å². The zero-order chi connectivity index (χ0) is 21.3. The van der Waals surface area contributed by atoms with E-state index in [1.807, 2.05) is 12.1 Å². The Morgan fingerprint density at radius 2 is 1.83 bits per heavy atom. The molecule has 30 heavy (non-hydrogen) atoms. The van der Waals surface area contributed by atoms with Crippen LogP contribution >= 0.6 is 24.0 Å². The largest absolute Gasteiger partial charge is 0.379 e. The molecule has 1 aliphatic heterocycles. The zero-order valence-electron chi connectivity index (χ0n) is 19.1. The molecule has 0 aliphatic carbocycles. The SMILES string of the molecule is CCNC(=NCC(C)(C)CN(C)C)NCC(c1ccc(F)cc1)N1CCOCC1.I. The van der Waals surface area contributed by atoms with Gasteiger partial charge in [-0.25, -0.2) is 4.39 Å². The fraction of sp³-hybridized carbons (Fsp3) is 0.682. The summed E-state index contributed by atoms with van der Waals surface area (Å²) < 4.78 is 18.9. The highest BCUT2D eigenvalue weighted by Gasteiger charge is 2.23. The number of guanidine groups is 1. The van der Waals surface area contributed by atoms with Crippen LogP contribution in [0.4, 0.5) is 4.39 Å². The Morgan fingerprint density at radius 1 is 1.20 bits per heavy atom. The van der Waals surface area contributed by atoms with E-state index in [0.29, 0.717) is 6.54 Å². The molecule has 2 N–H and O–H groups in total. The number of aliphatic imine (C=N–C) groups is 1. The van der Waals surface area contributed by atoms with Crippen LogP contribution in [0.3, 0.4) is 0 Å². The summed E-state index contributed by atoms with van der Waals surface area (Å²) in [5, 5.41) is 6.86. The molecule has 1 aliphatic rings. The van der Waals surface area contributed by atoms with Crippen LogP contribution in [0.5, 0.6) is 0 Å². The molecule has 0 amide bonds. The first kappa shape index (κ1) is 27.1. The molecule has 1 aromatic rings. The minimum atomic E-state index is -0.208.